The van der Waals surface area contributed by atoms with Crippen LogP contribution in [0.1, 0.15) is 19.4 Å². The Morgan fingerprint density at radius 2 is 1.80 bits per heavy atom. The quantitative estimate of drug-likeness (QED) is 0.412. The van der Waals surface area contributed by atoms with Crippen molar-refractivity contribution in [1.82, 2.24) is 0 Å². The van der Waals surface area contributed by atoms with Gasteiger partial charge in [0.25, 0.3) is 0 Å². The molecule has 2 aromatic heterocycles. The first-order valence-electron chi connectivity index (χ1n) is 7.91. The van der Waals surface area contributed by atoms with Gasteiger partial charge in [0.15, 0.2) is 5.58 Å². The maximum atomic E-state index is 12.4. The molecule has 0 fully saturated rings. The van der Waals surface area contributed by atoms with Crippen molar-refractivity contribution in [3.05, 3.63) is 58.0 Å². The maximum Gasteiger partial charge on any atom is 0.348 e. The molecule has 0 radical (unpaired) electrons. The van der Waals surface area contributed by atoms with Crippen LogP contribution in [0.15, 0.2) is 55.6 Å². The van der Waals surface area contributed by atoms with Gasteiger partial charge >= 0.3 is 5.63 Å². The number of phenolic OH excluding ortho intramolecular Hbond substituents is 2. The third kappa shape index (κ3) is 2.45. The zero-order valence-electron chi connectivity index (χ0n) is 13.8. The van der Waals surface area contributed by atoms with E-state index in [9.17, 15) is 15.0 Å². The molecule has 0 amide bonds. The third-order valence-corrected chi connectivity index (χ3v) is 4.24. The monoisotopic (exact) mass is 336 g/mol. The molecular weight excluding hydrogens is 320 g/mol. The molecule has 0 aliphatic rings. The molecule has 0 aliphatic carbocycles. The lowest BCUT2D eigenvalue weighted by atomic mass is 10.0. The summed E-state index contributed by atoms with van der Waals surface area (Å²) in [6.45, 7) is 3.97. The number of benzene rings is 2. The fraction of sp³-hybridized carbons (Fsp3) is 0.150. The van der Waals surface area contributed by atoms with Gasteiger partial charge < -0.3 is 19.0 Å². The van der Waals surface area contributed by atoms with Crippen molar-refractivity contribution in [3.8, 4) is 11.5 Å². The van der Waals surface area contributed by atoms with Gasteiger partial charge in [-0.05, 0) is 44.0 Å². The van der Waals surface area contributed by atoms with Crippen LogP contribution in [0.4, 0.5) is 0 Å². The van der Waals surface area contributed by atoms with Crippen molar-refractivity contribution in [2.75, 3.05) is 0 Å². The van der Waals surface area contributed by atoms with Crippen LogP contribution in [-0.4, -0.2) is 10.2 Å². The molecule has 4 rings (SSSR count). The molecule has 0 bridgehead atoms. The normalized spacial score (nSPS) is 11.4. The molecule has 4 aromatic rings. The van der Waals surface area contributed by atoms with Gasteiger partial charge in [0.05, 0.1) is 5.39 Å². The Morgan fingerprint density at radius 3 is 2.56 bits per heavy atom. The Balaban J connectivity index is 2.10. The van der Waals surface area contributed by atoms with Crippen LogP contribution < -0.4 is 5.63 Å². The van der Waals surface area contributed by atoms with Crippen LogP contribution in [0.3, 0.4) is 0 Å². The Bertz CT molecular complexity index is 1220. The van der Waals surface area contributed by atoms with E-state index in [-0.39, 0.29) is 17.1 Å². The van der Waals surface area contributed by atoms with E-state index in [1.54, 1.807) is 12.1 Å². The maximum absolute atomic E-state index is 12.4. The average molecular weight is 336 g/mol. The van der Waals surface area contributed by atoms with Crippen LogP contribution in [0.5, 0.6) is 11.5 Å². The number of allylic oxidation sites excluding steroid dienone is 2. The largest absolute Gasteiger partial charge is 0.508 e. The lowest BCUT2D eigenvalue weighted by Crippen LogP contribution is -1.98. The van der Waals surface area contributed by atoms with Crippen molar-refractivity contribution in [1.29, 1.82) is 0 Å². The van der Waals surface area contributed by atoms with Gasteiger partial charge in [-0.3, -0.25) is 0 Å². The van der Waals surface area contributed by atoms with Crippen molar-refractivity contribution < 1.29 is 19.0 Å². The Hall–Kier alpha value is -3.21. The second kappa shape index (κ2) is 5.41. The van der Waals surface area contributed by atoms with Crippen molar-refractivity contribution in [3.63, 3.8) is 0 Å². The third-order valence-electron chi connectivity index (χ3n) is 4.24. The minimum Gasteiger partial charge on any atom is -0.508 e. The second-order valence-corrected chi connectivity index (χ2v) is 6.34. The Labute approximate surface area is 142 Å². The molecule has 0 atom stereocenters. The topological polar surface area (TPSA) is 83.8 Å². The minimum atomic E-state index is -0.539. The zero-order valence-corrected chi connectivity index (χ0v) is 13.8. The predicted octanol–water partition coefficient (Wildman–Crippen LogP) is 4.61. The SMILES string of the molecule is CC(C)=CCc1cc2c(cc1O)oc(=O)c1c3ccc(O)cc3oc21. The van der Waals surface area contributed by atoms with Gasteiger partial charge in [-0.1, -0.05) is 11.6 Å². The van der Waals surface area contributed by atoms with Gasteiger partial charge in [-0.15, -0.1) is 0 Å². The van der Waals surface area contributed by atoms with Crippen molar-refractivity contribution in [2.24, 2.45) is 0 Å². The van der Waals surface area contributed by atoms with E-state index in [1.165, 1.54) is 18.2 Å². The minimum absolute atomic E-state index is 0.0575. The van der Waals surface area contributed by atoms with Gasteiger partial charge in [0.1, 0.15) is 28.1 Å². The van der Waals surface area contributed by atoms with Gasteiger partial charge in [-0.2, -0.15) is 0 Å². The molecule has 0 saturated heterocycles. The molecule has 2 aromatic carbocycles. The lowest BCUT2D eigenvalue weighted by molar-refractivity contribution is 0.468. The van der Waals surface area contributed by atoms with Gasteiger partial charge in [0, 0.05) is 17.5 Å². The summed E-state index contributed by atoms with van der Waals surface area (Å²) < 4.78 is 11.2. The van der Waals surface area contributed by atoms with Crippen LogP contribution >= 0.6 is 0 Å². The van der Waals surface area contributed by atoms with Crippen LogP contribution in [0, 0.1) is 0 Å². The number of hydrogen-bond acceptors (Lipinski definition) is 5. The highest BCUT2D eigenvalue weighted by molar-refractivity contribution is 6.13. The van der Waals surface area contributed by atoms with Crippen molar-refractivity contribution in [2.45, 2.75) is 20.3 Å². The first kappa shape index (κ1) is 15.3. The highest BCUT2D eigenvalue weighted by Gasteiger charge is 2.18. The lowest BCUT2D eigenvalue weighted by Gasteiger charge is -2.05. The van der Waals surface area contributed by atoms with E-state index >= 15 is 0 Å². The summed E-state index contributed by atoms with van der Waals surface area (Å²) in [4.78, 5) is 12.4. The van der Waals surface area contributed by atoms with E-state index in [0.29, 0.717) is 39.3 Å². The molecule has 5 nitrogen and oxygen atoms in total. The molecule has 2 heterocycles. The molecule has 0 unspecified atom stereocenters. The van der Waals surface area contributed by atoms with Crippen LogP contribution in [-0.2, 0) is 6.42 Å². The van der Waals surface area contributed by atoms with E-state index in [4.69, 9.17) is 8.83 Å². The highest BCUT2D eigenvalue weighted by atomic mass is 16.4. The van der Waals surface area contributed by atoms with E-state index < -0.39 is 5.63 Å². The number of furan rings is 1. The van der Waals surface area contributed by atoms with E-state index in [0.717, 1.165) is 5.57 Å². The summed E-state index contributed by atoms with van der Waals surface area (Å²) in [5, 5.41) is 21.4. The molecule has 25 heavy (non-hydrogen) atoms. The summed E-state index contributed by atoms with van der Waals surface area (Å²) in [6, 6.07) is 7.81. The summed E-state index contributed by atoms with van der Waals surface area (Å²) in [5.74, 6) is 0.128. The van der Waals surface area contributed by atoms with E-state index in [2.05, 4.69) is 0 Å². The fourth-order valence-electron chi connectivity index (χ4n) is 2.98. The summed E-state index contributed by atoms with van der Waals surface area (Å²) >= 11 is 0. The second-order valence-electron chi connectivity index (χ2n) is 6.34. The van der Waals surface area contributed by atoms with E-state index in [1.807, 2.05) is 19.9 Å². The summed E-state index contributed by atoms with van der Waals surface area (Å²) in [7, 11) is 0. The van der Waals surface area contributed by atoms with Gasteiger partial charge in [0.2, 0.25) is 0 Å². The molecule has 0 aliphatic heterocycles. The molecule has 126 valence electrons. The number of hydrogen-bond donors (Lipinski definition) is 2. The number of phenols is 2. The van der Waals surface area contributed by atoms with Crippen LogP contribution in [0.2, 0.25) is 0 Å². The number of fused-ring (bicyclic) bond motifs is 5. The molecular formula is C20H16O5. The molecule has 0 saturated carbocycles. The smallest absolute Gasteiger partial charge is 0.348 e. The van der Waals surface area contributed by atoms with Crippen LogP contribution in [0.25, 0.3) is 32.9 Å². The highest BCUT2D eigenvalue weighted by Crippen LogP contribution is 2.35. The fourth-order valence-corrected chi connectivity index (χ4v) is 2.98. The van der Waals surface area contributed by atoms with Gasteiger partial charge in [-0.25, -0.2) is 4.79 Å². The summed E-state index contributed by atoms with van der Waals surface area (Å²) in [5.41, 5.74) is 2.39. The summed E-state index contributed by atoms with van der Waals surface area (Å²) in [6.07, 6.45) is 2.57. The zero-order chi connectivity index (χ0) is 17.7. The molecule has 5 heteroatoms. The van der Waals surface area contributed by atoms with Crippen molar-refractivity contribution >= 4 is 32.9 Å². The first-order chi connectivity index (χ1) is 11.9. The number of rotatable bonds is 2. The first-order valence-corrected chi connectivity index (χ1v) is 7.91. The Morgan fingerprint density at radius 1 is 1.04 bits per heavy atom. The number of aromatic hydroxyl groups is 2. The Kier molecular flexibility index (Phi) is 3.32. The standard InChI is InChI=1S/C20H16O5/c1-10(2)3-4-11-7-14-17(9-15(11)22)25-20(23)18-13-6-5-12(21)8-16(13)24-19(14)18/h3,5-9,21-22H,4H2,1-2H3. The molecule has 0 spiro atoms. The molecule has 2 N–H and O–H groups in total. The average Bonchev–Trinajstić information content (AvgIpc) is 2.92. The predicted molar refractivity (Wildman–Crippen MR) is 96.2 cm³/mol.